The van der Waals surface area contributed by atoms with E-state index < -0.39 is 0 Å². The van der Waals surface area contributed by atoms with E-state index in [9.17, 15) is 9.90 Å². The van der Waals surface area contributed by atoms with E-state index in [2.05, 4.69) is 21.2 Å². The minimum absolute atomic E-state index is 0.0614. The Kier molecular flexibility index (Phi) is 4.47. The SMILES string of the molecule is NC1(CC(=O)Nc2cc(Br)ccc2O)CCCCC1. The number of benzene rings is 1. The van der Waals surface area contributed by atoms with Gasteiger partial charge in [-0.25, -0.2) is 0 Å². The monoisotopic (exact) mass is 326 g/mol. The van der Waals surface area contributed by atoms with Gasteiger partial charge in [-0.1, -0.05) is 35.2 Å². The number of carbonyl (C=O) groups is 1. The molecule has 0 atom stereocenters. The lowest BCUT2D eigenvalue weighted by Crippen LogP contribution is -2.44. The molecule has 0 bridgehead atoms. The summed E-state index contributed by atoms with van der Waals surface area (Å²) in [7, 11) is 0. The van der Waals surface area contributed by atoms with E-state index in [0.29, 0.717) is 12.1 Å². The molecule has 0 aliphatic heterocycles. The Morgan fingerprint density at radius 3 is 2.74 bits per heavy atom. The number of phenols is 1. The van der Waals surface area contributed by atoms with Gasteiger partial charge < -0.3 is 16.2 Å². The first-order valence-corrected chi connectivity index (χ1v) is 7.35. The van der Waals surface area contributed by atoms with Crippen LogP contribution in [-0.4, -0.2) is 16.6 Å². The van der Waals surface area contributed by atoms with Gasteiger partial charge in [-0.2, -0.15) is 0 Å². The van der Waals surface area contributed by atoms with Gasteiger partial charge in [0.25, 0.3) is 0 Å². The molecule has 1 aromatic rings. The molecule has 0 aromatic heterocycles. The van der Waals surface area contributed by atoms with Crippen molar-refractivity contribution in [2.45, 2.75) is 44.1 Å². The fraction of sp³-hybridized carbons (Fsp3) is 0.500. The maximum Gasteiger partial charge on any atom is 0.226 e. The van der Waals surface area contributed by atoms with Gasteiger partial charge in [0, 0.05) is 16.4 Å². The van der Waals surface area contributed by atoms with Crippen LogP contribution < -0.4 is 11.1 Å². The van der Waals surface area contributed by atoms with Crippen LogP contribution in [0.3, 0.4) is 0 Å². The van der Waals surface area contributed by atoms with Crippen molar-refractivity contribution in [2.75, 3.05) is 5.32 Å². The fourth-order valence-corrected chi connectivity index (χ4v) is 2.92. The lowest BCUT2D eigenvalue weighted by atomic mass is 9.80. The second-order valence-electron chi connectivity index (χ2n) is 5.31. The average Bonchev–Trinajstić information content (AvgIpc) is 2.34. The first kappa shape index (κ1) is 14.3. The number of anilines is 1. The largest absolute Gasteiger partial charge is 0.506 e. The molecule has 2 rings (SSSR count). The van der Waals surface area contributed by atoms with Crippen molar-refractivity contribution >= 4 is 27.5 Å². The lowest BCUT2D eigenvalue weighted by molar-refractivity contribution is -0.117. The fourth-order valence-electron chi connectivity index (χ4n) is 2.56. The molecule has 1 amide bonds. The molecule has 0 heterocycles. The van der Waals surface area contributed by atoms with E-state index in [-0.39, 0.29) is 17.2 Å². The Morgan fingerprint density at radius 2 is 2.05 bits per heavy atom. The van der Waals surface area contributed by atoms with Gasteiger partial charge in [-0.15, -0.1) is 0 Å². The quantitative estimate of drug-likeness (QED) is 0.747. The summed E-state index contributed by atoms with van der Waals surface area (Å²) in [5.74, 6) is -0.0796. The number of nitrogens with two attached hydrogens (primary N) is 1. The Hall–Kier alpha value is -1.07. The smallest absolute Gasteiger partial charge is 0.226 e. The van der Waals surface area contributed by atoms with E-state index in [4.69, 9.17) is 5.73 Å². The van der Waals surface area contributed by atoms with Crippen molar-refractivity contribution in [3.63, 3.8) is 0 Å². The molecular weight excluding hydrogens is 308 g/mol. The average molecular weight is 327 g/mol. The minimum atomic E-state index is -0.385. The van der Waals surface area contributed by atoms with Gasteiger partial charge in [0.1, 0.15) is 5.75 Å². The summed E-state index contributed by atoms with van der Waals surface area (Å²) in [5, 5.41) is 12.4. The number of halogens is 1. The van der Waals surface area contributed by atoms with Crippen molar-refractivity contribution in [1.82, 2.24) is 0 Å². The molecule has 0 unspecified atom stereocenters. The van der Waals surface area contributed by atoms with Crippen LogP contribution in [-0.2, 0) is 4.79 Å². The summed E-state index contributed by atoms with van der Waals surface area (Å²) in [4.78, 5) is 12.0. The molecule has 0 saturated heterocycles. The molecule has 5 heteroatoms. The molecule has 4 N–H and O–H groups in total. The summed E-state index contributed by atoms with van der Waals surface area (Å²) in [6.45, 7) is 0. The number of amides is 1. The van der Waals surface area contributed by atoms with Crippen molar-refractivity contribution in [2.24, 2.45) is 5.73 Å². The third-order valence-corrected chi connectivity index (χ3v) is 4.09. The molecule has 0 radical (unpaired) electrons. The van der Waals surface area contributed by atoms with E-state index in [1.54, 1.807) is 18.2 Å². The van der Waals surface area contributed by atoms with Gasteiger partial charge in [-0.3, -0.25) is 4.79 Å². The Bertz CT molecular complexity index is 471. The third kappa shape index (κ3) is 3.94. The van der Waals surface area contributed by atoms with E-state index >= 15 is 0 Å². The number of aromatic hydroxyl groups is 1. The molecule has 1 saturated carbocycles. The normalized spacial score (nSPS) is 18.0. The van der Waals surface area contributed by atoms with Gasteiger partial charge in [0.2, 0.25) is 5.91 Å². The zero-order valence-electron chi connectivity index (χ0n) is 10.8. The first-order valence-electron chi connectivity index (χ1n) is 6.56. The highest BCUT2D eigenvalue weighted by atomic mass is 79.9. The lowest BCUT2D eigenvalue weighted by Gasteiger charge is -2.32. The molecule has 19 heavy (non-hydrogen) atoms. The topological polar surface area (TPSA) is 75.4 Å². The Morgan fingerprint density at radius 1 is 1.37 bits per heavy atom. The van der Waals surface area contributed by atoms with Gasteiger partial charge in [-0.05, 0) is 31.0 Å². The van der Waals surface area contributed by atoms with Crippen LogP contribution in [0.2, 0.25) is 0 Å². The van der Waals surface area contributed by atoms with Crippen LogP contribution >= 0.6 is 15.9 Å². The summed E-state index contributed by atoms with van der Waals surface area (Å²) in [6, 6.07) is 4.94. The number of nitrogens with one attached hydrogen (secondary N) is 1. The van der Waals surface area contributed by atoms with Crippen LogP contribution in [0.5, 0.6) is 5.75 Å². The van der Waals surface area contributed by atoms with E-state index in [1.165, 1.54) is 6.42 Å². The first-order chi connectivity index (χ1) is 8.98. The van der Waals surface area contributed by atoms with Crippen molar-refractivity contribution < 1.29 is 9.90 Å². The maximum atomic E-state index is 12.0. The van der Waals surface area contributed by atoms with Gasteiger partial charge in [0.05, 0.1) is 5.69 Å². The van der Waals surface area contributed by atoms with Crippen LogP contribution in [0.1, 0.15) is 38.5 Å². The van der Waals surface area contributed by atoms with Crippen LogP contribution in [0.15, 0.2) is 22.7 Å². The molecular formula is C14H19BrN2O2. The predicted molar refractivity (Wildman–Crippen MR) is 79.1 cm³/mol. The molecule has 104 valence electrons. The van der Waals surface area contributed by atoms with Crippen molar-refractivity contribution in [1.29, 1.82) is 0 Å². The summed E-state index contributed by atoms with van der Waals surface area (Å²) >= 11 is 3.31. The number of hydrogen-bond acceptors (Lipinski definition) is 3. The van der Waals surface area contributed by atoms with Gasteiger partial charge >= 0.3 is 0 Å². The van der Waals surface area contributed by atoms with Crippen LogP contribution in [0, 0.1) is 0 Å². The molecule has 0 spiro atoms. The summed E-state index contributed by atoms with van der Waals surface area (Å²) in [5.41, 5.74) is 6.28. The van der Waals surface area contributed by atoms with Crippen LogP contribution in [0.25, 0.3) is 0 Å². The van der Waals surface area contributed by atoms with Crippen LogP contribution in [0.4, 0.5) is 5.69 Å². The second-order valence-corrected chi connectivity index (χ2v) is 6.23. The van der Waals surface area contributed by atoms with Crippen molar-refractivity contribution in [3.05, 3.63) is 22.7 Å². The van der Waals surface area contributed by atoms with Gasteiger partial charge in [0.15, 0.2) is 0 Å². The molecule has 1 fully saturated rings. The number of hydrogen-bond donors (Lipinski definition) is 3. The molecule has 4 nitrogen and oxygen atoms in total. The Labute approximate surface area is 121 Å². The second kappa shape index (κ2) is 5.92. The number of carbonyl (C=O) groups excluding carboxylic acids is 1. The third-order valence-electron chi connectivity index (χ3n) is 3.59. The standard InChI is InChI=1S/C14H19BrN2O2/c15-10-4-5-12(18)11(8-10)17-13(19)9-14(16)6-2-1-3-7-14/h4-5,8,18H,1-3,6-7,9,16H2,(H,17,19). The summed E-state index contributed by atoms with van der Waals surface area (Å²) in [6.07, 6.45) is 5.47. The highest BCUT2D eigenvalue weighted by Gasteiger charge is 2.30. The minimum Gasteiger partial charge on any atom is -0.506 e. The zero-order chi connectivity index (χ0) is 13.9. The van der Waals surface area contributed by atoms with E-state index in [0.717, 1.165) is 30.2 Å². The molecule has 1 aliphatic carbocycles. The molecule has 1 aliphatic rings. The zero-order valence-corrected chi connectivity index (χ0v) is 12.4. The number of rotatable bonds is 3. The number of phenolic OH excluding ortho intramolecular Hbond substituents is 1. The molecule has 1 aromatic carbocycles. The predicted octanol–water partition coefficient (Wildman–Crippen LogP) is 3.14. The van der Waals surface area contributed by atoms with Crippen molar-refractivity contribution in [3.8, 4) is 5.75 Å². The maximum absolute atomic E-state index is 12.0. The summed E-state index contributed by atoms with van der Waals surface area (Å²) < 4.78 is 0.806. The Balaban J connectivity index is 1.99. The highest BCUT2D eigenvalue weighted by molar-refractivity contribution is 9.10. The van der Waals surface area contributed by atoms with E-state index in [1.807, 2.05) is 0 Å². The highest BCUT2D eigenvalue weighted by Crippen LogP contribution is 2.30.